The van der Waals surface area contributed by atoms with Gasteiger partial charge in [-0.15, -0.1) is 0 Å². The largest absolute Gasteiger partial charge is 0.462 e. The Balaban J connectivity index is 3.10. The first-order valence-electron chi connectivity index (χ1n) is 8.32. The molecule has 0 N–H and O–H groups in total. The first-order chi connectivity index (χ1) is 10.9. The Morgan fingerprint density at radius 2 is 1.52 bits per heavy atom. The number of esters is 2. The van der Waals surface area contributed by atoms with E-state index in [1.807, 2.05) is 40.7 Å². The molecule has 128 valence electrons. The van der Waals surface area contributed by atoms with Gasteiger partial charge in [-0.05, 0) is 29.9 Å². The zero-order chi connectivity index (χ0) is 17.4. The molecule has 1 rings (SSSR count). The summed E-state index contributed by atoms with van der Waals surface area (Å²) < 4.78 is 10.6. The highest BCUT2D eigenvalue weighted by atomic mass is 16.5. The molecule has 0 unspecified atom stereocenters. The fourth-order valence-corrected chi connectivity index (χ4v) is 2.12. The van der Waals surface area contributed by atoms with Crippen molar-refractivity contribution in [1.29, 1.82) is 0 Å². The van der Waals surface area contributed by atoms with Crippen LogP contribution in [0.25, 0.3) is 0 Å². The Bertz CT molecular complexity index is 532. The molecule has 0 fully saturated rings. The smallest absolute Gasteiger partial charge is 0.339 e. The lowest BCUT2D eigenvalue weighted by atomic mass is 9.97. The molecule has 23 heavy (non-hydrogen) atoms. The molecule has 0 amide bonds. The predicted octanol–water partition coefficient (Wildman–Crippen LogP) is 4.26. The molecule has 0 aliphatic rings. The van der Waals surface area contributed by atoms with E-state index in [-0.39, 0.29) is 11.8 Å². The minimum Gasteiger partial charge on any atom is -0.462 e. The van der Waals surface area contributed by atoms with Crippen LogP contribution in [-0.2, 0) is 15.9 Å². The number of ether oxygens (including phenoxy) is 2. The van der Waals surface area contributed by atoms with Gasteiger partial charge in [-0.2, -0.15) is 0 Å². The van der Waals surface area contributed by atoms with Crippen molar-refractivity contribution in [3.05, 3.63) is 34.9 Å². The summed E-state index contributed by atoms with van der Waals surface area (Å²) in [5.74, 6) is -0.421. The van der Waals surface area contributed by atoms with Crippen molar-refractivity contribution in [2.45, 2.75) is 47.5 Å². The molecule has 0 heterocycles. The van der Waals surface area contributed by atoms with Gasteiger partial charge in [0.1, 0.15) is 0 Å². The summed E-state index contributed by atoms with van der Waals surface area (Å²) >= 11 is 0. The fraction of sp³-hybridized carbons (Fsp3) is 0.579. The number of benzene rings is 1. The summed E-state index contributed by atoms with van der Waals surface area (Å²) in [6.45, 7) is 10.6. The van der Waals surface area contributed by atoms with Gasteiger partial charge in [-0.1, -0.05) is 53.2 Å². The van der Waals surface area contributed by atoms with E-state index in [4.69, 9.17) is 9.47 Å². The SMILES string of the molecule is CCCc1cccc(C(=O)OCC(C)C)c1C(=O)OCC(C)C. The maximum absolute atomic E-state index is 12.5. The van der Waals surface area contributed by atoms with Crippen LogP contribution in [-0.4, -0.2) is 25.2 Å². The quantitative estimate of drug-likeness (QED) is 0.671. The highest BCUT2D eigenvalue weighted by Crippen LogP contribution is 2.20. The second-order valence-electron chi connectivity index (χ2n) is 6.57. The van der Waals surface area contributed by atoms with Gasteiger partial charge >= 0.3 is 11.9 Å². The van der Waals surface area contributed by atoms with Crippen LogP contribution in [0.3, 0.4) is 0 Å². The van der Waals surface area contributed by atoms with Crippen molar-refractivity contribution >= 4 is 11.9 Å². The fourth-order valence-electron chi connectivity index (χ4n) is 2.12. The van der Waals surface area contributed by atoms with Gasteiger partial charge in [0.2, 0.25) is 0 Å². The lowest BCUT2D eigenvalue weighted by Crippen LogP contribution is -2.19. The minimum absolute atomic E-state index is 0.244. The first-order valence-corrected chi connectivity index (χ1v) is 8.32. The Morgan fingerprint density at radius 1 is 0.957 bits per heavy atom. The van der Waals surface area contributed by atoms with E-state index in [1.54, 1.807) is 12.1 Å². The van der Waals surface area contributed by atoms with Gasteiger partial charge in [0.05, 0.1) is 24.3 Å². The highest BCUT2D eigenvalue weighted by Gasteiger charge is 2.23. The third-order valence-corrected chi connectivity index (χ3v) is 3.19. The van der Waals surface area contributed by atoms with Gasteiger partial charge in [0.15, 0.2) is 0 Å². The van der Waals surface area contributed by atoms with Crippen molar-refractivity contribution < 1.29 is 19.1 Å². The predicted molar refractivity (Wildman–Crippen MR) is 90.7 cm³/mol. The summed E-state index contributed by atoms with van der Waals surface area (Å²) in [6.07, 6.45) is 1.60. The number of aryl methyl sites for hydroxylation is 1. The van der Waals surface area contributed by atoms with E-state index >= 15 is 0 Å². The van der Waals surface area contributed by atoms with Crippen LogP contribution in [0, 0.1) is 11.8 Å². The van der Waals surface area contributed by atoms with Crippen LogP contribution < -0.4 is 0 Å². The normalized spacial score (nSPS) is 10.9. The topological polar surface area (TPSA) is 52.6 Å². The van der Waals surface area contributed by atoms with Crippen LogP contribution in [0.2, 0.25) is 0 Å². The van der Waals surface area contributed by atoms with Crippen LogP contribution in [0.5, 0.6) is 0 Å². The van der Waals surface area contributed by atoms with Crippen molar-refractivity contribution in [2.24, 2.45) is 11.8 Å². The lowest BCUT2D eigenvalue weighted by Gasteiger charge is -2.15. The Kier molecular flexibility index (Phi) is 7.79. The summed E-state index contributed by atoms with van der Waals surface area (Å²) in [4.78, 5) is 24.8. The number of hydrogen-bond acceptors (Lipinski definition) is 4. The van der Waals surface area contributed by atoms with Crippen molar-refractivity contribution in [3.63, 3.8) is 0 Å². The molecule has 1 aromatic carbocycles. The van der Waals surface area contributed by atoms with Crippen LogP contribution in [0.4, 0.5) is 0 Å². The average molecular weight is 320 g/mol. The van der Waals surface area contributed by atoms with Crippen LogP contribution >= 0.6 is 0 Å². The van der Waals surface area contributed by atoms with Crippen molar-refractivity contribution in [3.8, 4) is 0 Å². The summed E-state index contributed by atoms with van der Waals surface area (Å²) in [5.41, 5.74) is 1.48. The number of carbonyl (C=O) groups is 2. The molecule has 0 bridgehead atoms. The maximum atomic E-state index is 12.5. The molecule has 0 spiro atoms. The minimum atomic E-state index is -0.465. The van der Waals surface area contributed by atoms with E-state index < -0.39 is 11.9 Å². The Labute approximate surface area is 139 Å². The Morgan fingerprint density at radius 3 is 2.04 bits per heavy atom. The zero-order valence-electron chi connectivity index (χ0n) is 14.8. The van der Waals surface area contributed by atoms with E-state index in [0.717, 1.165) is 18.4 Å². The molecule has 0 aliphatic heterocycles. The summed E-state index contributed by atoms with van der Waals surface area (Å²) in [5, 5.41) is 0. The standard InChI is InChI=1S/C19H28O4/c1-6-8-15-9-7-10-16(18(20)22-11-13(2)3)17(15)19(21)23-12-14(4)5/h7,9-10,13-14H,6,8,11-12H2,1-5H3. The van der Waals surface area contributed by atoms with Gasteiger partial charge in [0.25, 0.3) is 0 Å². The summed E-state index contributed by atoms with van der Waals surface area (Å²) in [6, 6.07) is 5.29. The molecule has 0 aromatic heterocycles. The summed E-state index contributed by atoms with van der Waals surface area (Å²) in [7, 11) is 0. The molecule has 0 saturated carbocycles. The second-order valence-corrected chi connectivity index (χ2v) is 6.57. The molecular weight excluding hydrogens is 292 g/mol. The van der Waals surface area contributed by atoms with Gasteiger partial charge in [-0.3, -0.25) is 0 Å². The highest BCUT2D eigenvalue weighted by molar-refractivity contribution is 6.04. The van der Waals surface area contributed by atoms with Crippen LogP contribution in [0.15, 0.2) is 18.2 Å². The molecule has 1 aromatic rings. The van der Waals surface area contributed by atoms with Crippen molar-refractivity contribution in [1.82, 2.24) is 0 Å². The van der Waals surface area contributed by atoms with Gasteiger partial charge < -0.3 is 9.47 Å². The average Bonchev–Trinajstić information content (AvgIpc) is 2.50. The molecule has 4 nitrogen and oxygen atoms in total. The van der Waals surface area contributed by atoms with E-state index in [1.165, 1.54) is 0 Å². The van der Waals surface area contributed by atoms with Gasteiger partial charge in [0, 0.05) is 0 Å². The molecule has 0 aliphatic carbocycles. The molecule has 4 heteroatoms. The molecule has 0 atom stereocenters. The zero-order valence-corrected chi connectivity index (χ0v) is 14.8. The van der Waals surface area contributed by atoms with Crippen LogP contribution in [0.1, 0.15) is 67.3 Å². The monoisotopic (exact) mass is 320 g/mol. The second kappa shape index (κ2) is 9.33. The van der Waals surface area contributed by atoms with Gasteiger partial charge in [-0.25, -0.2) is 9.59 Å². The number of hydrogen-bond donors (Lipinski definition) is 0. The number of carbonyl (C=O) groups excluding carboxylic acids is 2. The Hall–Kier alpha value is -1.84. The third-order valence-electron chi connectivity index (χ3n) is 3.19. The number of rotatable bonds is 8. The first kappa shape index (κ1) is 19.2. The molecule has 0 radical (unpaired) electrons. The van der Waals surface area contributed by atoms with Crippen molar-refractivity contribution in [2.75, 3.05) is 13.2 Å². The molecular formula is C19H28O4. The lowest BCUT2D eigenvalue weighted by molar-refractivity contribution is 0.0411. The maximum Gasteiger partial charge on any atom is 0.339 e. The third kappa shape index (κ3) is 6.05. The molecule has 0 saturated heterocycles. The van der Waals surface area contributed by atoms with E-state index in [0.29, 0.717) is 24.3 Å². The van der Waals surface area contributed by atoms with E-state index in [2.05, 4.69) is 0 Å². The van der Waals surface area contributed by atoms with E-state index in [9.17, 15) is 9.59 Å².